The number of carbonyl (C=O) groups excluding carboxylic acids is 1. The van der Waals surface area contributed by atoms with Gasteiger partial charge < -0.3 is 10.6 Å². The third-order valence-electron chi connectivity index (χ3n) is 3.07. The first-order valence-corrected chi connectivity index (χ1v) is 6.21. The van der Waals surface area contributed by atoms with Crippen LogP contribution in [0.25, 0.3) is 0 Å². The lowest BCUT2D eigenvalue weighted by atomic mass is 10.2. The van der Waals surface area contributed by atoms with Crippen LogP contribution >= 0.6 is 12.4 Å². The summed E-state index contributed by atoms with van der Waals surface area (Å²) >= 11 is 0. The standard InChI is InChI=1S/C12H25N3O.ClH/c1-9(2)15(10(3)4)12(16)8-14-6-5-11(13)7-14;/h9-11H,5-8,13H2,1-4H3;1H/t11-;/m1./s1. The summed E-state index contributed by atoms with van der Waals surface area (Å²) in [6.07, 6.45) is 1.01. The van der Waals surface area contributed by atoms with Crippen molar-refractivity contribution in [1.29, 1.82) is 0 Å². The molecule has 1 amide bonds. The molecule has 5 heteroatoms. The molecule has 0 aromatic carbocycles. The zero-order chi connectivity index (χ0) is 12.3. The zero-order valence-electron chi connectivity index (χ0n) is 11.3. The first-order valence-electron chi connectivity index (χ1n) is 6.21. The summed E-state index contributed by atoms with van der Waals surface area (Å²) in [6.45, 7) is 10.6. The molecule has 1 fully saturated rings. The van der Waals surface area contributed by atoms with Gasteiger partial charge in [0.25, 0.3) is 0 Å². The topological polar surface area (TPSA) is 49.6 Å². The maximum atomic E-state index is 12.1. The van der Waals surface area contributed by atoms with Gasteiger partial charge in [-0.15, -0.1) is 12.4 Å². The van der Waals surface area contributed by atoms with Crippen LogP contribution in [-0.4, -0.2) is 53.5 Å². The molecule has 0 unspecified atom stereocenters. The number of amides is 1. The molecule has 0 aliphatic carbocycles. The normalized spacial score (nSPS) is 20.8. The van der Waals surface area contributed by atoms with Crippen molar-refractivity contribution in [3.8, 4) is 0 Å². The van der Waals surface area contributed by atoms with E-state index in [2.05, 4.69) is 32.6 Å². The maximum absolute atomic E-state index is 12.1. The second kappa shape index (κ2) is 7.19. The van der Waals surface area contributed by atoms with Crippen LogP contribution in [0.3, 0.4) is 0 Å². The van der Waals surface area contributed by atoms with Gasteiger partial charge in [-0.2, -0.15) is 0 Å². The zero-order valence-corrected chi connectivity index (χ0v) is 12.2. The minimum atomic E-state index is 0. The first kappa shape index (κ1) is 16.7. The number of nitrogens with two attached hydrogens (primary N) is 1. The van der Waals surface area contributed by atoms with Gasteiger partial charge in [0.15, 0.2) is 0 Å². The fourth-order valence-corrected chi connectivity index (χ4v) is 2.45. The van der Waals surface area contributed by atoms with Crippen molar-refractivity contribution in [2.75, 3.05) is 19.6 Å². The molecular weight excluding hydrogens is 238 g/mol. The Balaban J connectivity index is 0.00000256. The lowest BCUT2D eigenvalue weighted by molar-refractivity contribution is -0.135. The summed E-state index contributed by atoms with van der Waals surface area (Å²) in [5, 5.41) is 0. The fraction of sp³-hybridized carbons (Fsp3) is 0.917. The number of likely N-dealkylation sites (tertiary alicyclic amines) is 1. The molecule has 0 spiro atoms. The third kappa shape index (κ3) is 4.82. The van der Waals surface area contributed by atoms with E-state index in [1.807, 2.05) is 4.90 Å². The van der Waals surface area contributed by atoms with E-state index in [9.17, 15) is 4.79 Å². The highest BCUT2D eigenvalue weighted by Gasteiger charge is 2.25. The van der Waals surface area contributed by atoms with Gasteiger partial charge in [0.1, 0.15) is 0 Å². The number of hydrogen-bond donors (Lipinski definition) is 1. The van der Waals surface area contributed by atoms with Crippen LogP contribution in [-0.2, 0) is 4.79 Å². The molecule has 102 valence electrons. The summed E-state index contributed by atoms with van der Waals surface area (Å²) in [6, 6.07) is 0.784. The van der Waals surface area contributed by atoms with Gasteiger partial charge in [0.2, 0.25) is 5.91 Å². The quantitative estimate of drug-likeness (QED) is 0.826. The third-order valence-corrected chi connectivity index (χ3v) is 3.07. The highest BCUT2D eigenvalue weighted by molar-refractivity contribution is 5.85. The number of carbonyl (C=O) groups is 1. The lowest BCUT2D eigenvalue weighted by Crippen LogP contribution is -2.47. The molecule has 2 N–H and O–H groups in total. The smallest absolute Gasteiger partial charge is 0.237 e. The average Bonchev–Trinajstić information content (AvgIpc) is 2.49. The molecule has 0 saturated carbocycles. The van der Waals surface area contributed by atoms with E-state index in [0.29, 0.717) is 6.54 Å². The maximum Gasteiger partial charge on any atom is 0.237 e. The fourth-order valence-electron chi connectivity index (χ4n) is 2.45. The van der Waals surface area contributed by atoms with Gasteiger partial charge in [-0.1, -0.05) is 0 Å². The van der Waals surface area contributed by atoms with Gasteiger partial charge in [0.05, 0.1) is 6.54 Å². The van der Waals surface area contributed by atoms with Crippen molar-refractivity contribution in [2.45, 2.75) is 52.2 Å². The van der Waals surface area contributed by atoms with Crippen molar-refractivity contribution in [3.05, 3.63) is 0 Å². The summed E-state index contributed by atoms with van der Waals surface area (Å²) in [7, 11) is 0. The molecule has 4 nitrogen and oxygen atoms in total. The molecule has 0 bridgehead atoms. The first-order chi connectivity index (χ1) is 7.41. The van der Waals surface area contributed by atoms with Crippen LogP contribution in [0.1, 0.15) is 34.1 Å². The monoisotopic (exact) mass is 263 g/mol. The van der Waals surface area contributed by atoms with Crippen molar-refractivity contribution in [1.82, 2.24) is 9.80 Å². The van der Waals surface area contributed by atoms with Crippen molar-refractivity contribution in [2.24, 2.45) is 5.73 Å². The molecule has 1 rings (SSSR count). The predicted octanol–water partition coefficient (Wildman–Crippen LogP) is 1.09. The van der Waals surface area contributed by atoms with Crippen LogP contribution in [0.5, 0.6) is 0 Å². The van der Waals surface area contributed by atoms with E-state index in [4.69, 9.17) is 5.73 Å². The van der Waals surface area contributed by atoms with E-state index in [1.54, 1.807) is 0 Å². The number of nitrogens with zero attached hydrogens (tertiary/aromatic N) is 2. The Morgan fingerprint density at radius 1 is 1.35 bits per heavy atom. The van der Waals surface area contributed by atoms with E-state index >= 15 is 0 Å². The summed E-state index contributed by atoms with van der Waals surface area (Å²) in [5.74, 6) is 0.221. The van der Waals surface area contributed by atoms with Crippen LogP contribution in [0.15, 0.2) is 0 Å². The largest absolute Gasteiger partial charge is 0.337 e. The molecule has 0 aromatic heterocycles. The van der Waals surface area contributed by atoms with Crippen LogP contribution < -0.4 is 5.73 Å². The molecule has 1 saturated heterocycles. The molecule has 1 atom stereocenters. The van der Waals surface area contributed by atoms with Gasteiger partial charge in [-0.25, -0.2) is 0 Å². The minimum Gasteiger partial charge on any atom is -0.337 e. The summed E-state index contributed by atoms with van der Waals surface area (Å²) in [4.78, 5) is 16.2. The Labute approximate surface area is 111 Å². The van der Waals surface area contributed by atoms with Gasteiger partial charge in [0, 0.05) is 31.2 Å². The van der Waals surface area contributed by atoms with Gasteiger partial charge in [-0.05, 0) is 34.1 Å². The molecule has 1 aliphatic heterocycles. The lowest BCUT2D eigenvalue weighted by Gasteiger charge is -2.32. The Kier molecular flexibility index (Phi) is 7.05. The molecule has 1 heterocycles. The van der Waals surface area contributed by atoms with Crippen molar-refractivity contribution in [3.63, 3.8) is 0 Å². The molecular formula is C12H26ClN3O. The van der Waals surface area contributed by atoms with Gasteiger partial charge in [-0.3, -0.25) is 9.69 Å². The van der Waals surface area contributed by atoms with Crippen molar-refractivity contribution < 1.29 is 4.79 Å². The van der Waals surface area contributed by atoms with E-state index in [0.717, 1.165) is 19.5 Å². The molecule has 0 radical (unpaired) electrons. The van der Waals surface area contributed by atoms with Crippen molar-refractivity contribution >= 4 is 18.3 Å². The SMILES string of the molecule is CC(C)N(C(=O)CN1CC[C@@H](N)C1)C(C)C.Cl. The predicted molar refractivity (Wildman–Crippen MR) is 73.4 cm³/mol. The molecule has 17 heavy (non-hydrogen) atoms. The van der Waals surface area contributed by atoms with Gasteiger partial charge >= 0.3 is 0 Å². The Morgan fingerprint density at radius 3 is 2.24 bits per heavy atom. The molecule has 0 aromatic rings. The number of hydrogen-bond acceptors (Lipinski definition) is 3. The van der Waals surface area contributed by atoms with E-state index < -0.39 is 0 Å². The highest BCUT2D eigenvalue weighted by atomic mass is 35.5. The molecule has 1 aliphatic rings. The van der Waals surface area contributed by atoms with Crippen LogP contribution in [0.2, 0.25) is 0 Å². The minimum absolute atomic E-state index is 0. The van der Waals surface area contributed by atoms with Crippen LogP contribution in [0.4, 0.5) is 0 Å². The second-order valence-corrected chi connectivity index (χ2v) is 5.27. The van der Waals surface area contributed by atoms with E-state index in [-0.39, 0.29) is 36.4 Å². The second-order valence-electron chi connectivity index (χ2n) is 5.27. The summed E-state index contributed by atoms with van der Waals surface area (Å²) < 4.78 is 0. The van der Waals surface area contributed by atoms with E-state index in [1.165, 1.54) is 0 Å². The highest BCUT2D eigenvalue weighted by Crippen LogP contribution is 2.10. The number of rotatable bonds is 4. The Bertz CT molecular complexity index is 238. The Hall–Kier alpha value is -0.320. The summed E-state index contributed by atoms with van der Waals surface area (Å²) in [5.41, 5.74) is 5.83. The Morgan fingerprint density at radius 2 is 1.88 bits per heavy atom. The van der Waals surface area contributed by atoms with Crippen LogP contribution in [0, 0.1) is 0 Å². The average molecular weight is 264 g/mol. The number of halogens is 1.